The van der Waals surface area contributed by atoms with E-state index in [-0.39, 0.29) is 0 Å². The molecule has 0 radical (unpaired) electrons. The van der Waals surface area contributed by atoms with Crippen molar-refractivity contribution in [3.05, 3.63) is 36.7 Å². The van der Waals surface area contributed by atoms with E-state index in [2.05, 4.69) is 58.8 Å². The number of aromatic nitrogens is 4. The highest BCUT2D eigenvalue weighted by molar-refractivity contribution is 7.00. The molecule has 0 unspecified atom stereocenters. The lowest BCUT2D eigenvalue weighted by Gasteiger charge is -2.36. The fraction of sp³-hybridized carbons (Fsp3) is 0.333. The number of piperazine rings is 1. The van der Waals surface area contributed by atoms with E-state index in [4.69, 9.17) is 0 Å². The molecule has 5 rings (SSSR count). The molecular weight excluding hydrogens is 296 g/mol. The first-order valence-electron chi connectivity index (χ1n) is 7.42. The molecule has 110 valence electrons. The van der Waals surface area contributed by atoms with Crippen molar-refractivity contribution in [2.24, 2.45) is 0 Å². The third-order valence-corrected chi connectivity index (χ3v) is 5.16. The molecule has 4 heterocycles. The van der Waals surface area contributed by atoms with Gasteiger partial charge in [0, 0.05) is 24.8 Å². The van der Waals surface area contributed by atoms with Gasteiger partial charge in [-0.05, 0) is 18.6 Å². The van der Waals surface area contributed by atoms with Gasteiger partial charge in [0.1, 0.15) is 6.33 Å². The summed E-state index contributed by atoms with van der Waals surface area (Å²) in [6, 6.07) is 11.7. The molecule has 2 bridgehead atoms. The van der Waals surface area contributed by atoms with Crippen LogP contribution in [-0.2, 0) is 0 Å². The SMILES string of the molecule is c1ccc(N2C[C@H]3C[C@H]2CN3c2ncnc3nsnc23)cc1. The molecule has 0 amide bonds. The van der Waals surface area contributed by atoms with Crippen LogP contribution < -0.4 is 9.80 Å². The maximum atomic E-state index is 4.48. The van der Waals surface area contributed by atoms with Gasteiger partial charge in [0.25, 0.3) is 0 Å². The fourth-order valence-electron chi connectivity index (χ4n) is 3.68. The van der Waals surface area contributed by atoms with E-state index >= 15 is 0 Å². The zero-order valence-electron chi connectivity index (χ0n) is 11.8. The predicted octanol–water partition coefficient (Wildman–Crippen LogP) is 1.95. The Balaban J connectivity index is 1.46. The standard InChI is InChI=1S/C15H14N6S/c1-2-4-10(5-3-1)20-7-12-6-11(20)8-21(12)15-13-14(16-9-17-15)19-22-18-13/h1-5,9,11-12H,6-8H2/t11-,12+/m0/s1. The summed E-state index contributed by atoms with van der Waals surface area (Å²) in [6.07, 6.45) is 2.78. The third-order valence-electron chi connectivity index (χ3n) is 4.64. The second-order valence-electron chi connectivity index (χ2n) is 5.82. The van der Waals surface area contributed by atoms with Gasteiger partial charge in [-0.2, -0.15) is 8.75 Å². The lowest BCUT2D eigenvalue weighted by atomic mass is 10.2. The van der Waals surface area contributed by atoms with Crippen molar-refractivity contribution >= 4 is 34.4 Å². The molecule has 3 aromatic rings. The van der Waals surface area contributed by atoms with Gasteiger partial charge in [-0.3, -0.25) is 0 Å². The minimum absolute atomic E-state index is 0.491. The van der Waals surface area contributed by atoms with Gasteiger partial charge < -0.3 is 9.80 Å². The van der Waals surface area contributed by atoms with Crippen molar-refractivity contribution in [1.82, 2.24) is 18.7 Å². The molecule has 2 aliphatic rings. The molecule has 0 spiro atoms. The number of nitrogens with zero attached hydrogens (tertiary/aromatic N) is 6. The van der Waals surface area contributed by atoms with Crippen LogP contribution in [0.3, 0.4) is 0 Å². The van der Waals surface area contributed by atoms with Gasteiger partial charge in [-0.1, -0.05) is 18.2 Å². The summed E-state index contributed by atoms with van der Waals surface area (Å²) in [5, 5.41) is 0. The number of para-hydroxylation sites is 1. The highest BCUT2D eigenvalue weighted by atomic mass is 32.1. The largest absolute Gasteiger partial charge is 0.365 e. The first-order valence-corrected chi connectivity index (χ1v) is 8.15. The summed E-state index contributed by atoms with van der Waals surface area (Å²) >= 11 is 1.20. The first-order chi connectivity index (χ1) is 10.9. The number of anilines is 2. The smallest absolute Gasteiger partial charge is 0.198 e. The number of hydrogen-bond donors (Lipinski definition) is 0. The summed E-state index contributed by atoms with van der Waals surface area (Å²) in [6.45, 7) is 2.03. The fourth-order valence-corrected chi connectivity index (χ4v) is 4.18. The molecule has 2 aromatic heterocycles. The predicted molar refractivity (Wildman–Crippen MR) is 86.3 cm³/mol. The monoisotopic (exact) mass is 310 g/mol. The second-order valence-corrected chi connectivity index (χ2v) is 6.35. The van der Waals surface area contributed by atoms with Crippen LogP contribution in [0.5, 0.6) is 0 Å². The molecule has 0 aliphatic carbocycles. The zero-order valence-corrected chi connectivity index (χ0v) is 12.6. The van der Waals surface area contributed by atoms with Crippen molar-refractivity contribution in [3.63, 3.8) is 0 Å². The first kappa shape index (κ1) is 12.3. The number of rotatable bonds is 2. The van der Waals surface area contributed by atoms with Gasteiger partial charge in [0.2, 0.25) is 0 Å². The van der Waals surface area contributed by atoms with E-state index in [9.17, 15) is 0 Å². The van der Waals surface area contributed by atoms with Crippen molar-refractivity contribution in [2.75, 3.05) is 22.9 Å². The summed E-state index contributed by atoms with van der Waals surface area (Å²) < 4.78 is 8.59. The van der Waals surface area contributed by atoms with Crippen LogP contribution >= 0.6 is 11.7 Å². The van der Waals surface area contributed by atoms with Crippen molar-refractivity contribution in [2.45, 2.75) is 18.5 Å². The van der Waals surface area contributed by atoms with Gasteiger partial charge in [-0.15, -0.1) is 0 Å². The number of benzene rings is 1. The Hall–Kier alpha value is -2.28. The van der Waals surface area contributed by atoms with E-state index in [0.29, 0.717) is 17.7 Å². The van der Waals surface area contributed by atoms with E-state index in [1.807, 2.05) is 0 Å². The van der Waals surface area contributed by atoms with E-state index in [1.165, 1.54) is 23.8 Å². The van der Waals surface area contributed by atoms with Crippen LogP contribution in [0.15, 0.2) is 36.7 Å². The summed E-state index contributed by atoms with van der Waals surface area (Å²) in [5.41, 5.74) is 2.86. The number of fused-ring (bicyclic) bond motifs is 3. The average molecular weight is 310 g/mol. The van der Waals surface area contributed by atoms with Crippen LogP contribution in [0.1, 0.15) is 6.42 Å². The minimum atomic E-state index is 0.491. The van der Waals surface area contributed by atoms with Gasteiger partial charge in [0.05, 0.1) is 17.8 Å². The highest BCUT2D eigenvalue weighted by Crippen LogP contribution is 2.37. The Kier molecular flexibility index (Phi) is 2.57. The summed E-state index contributed by atoms with van der Waals surface area (Å²) in [4.78, 5) is 13.6. The Bertz CT molecular complexity index is 819. The van der Waals surface area contributed by atoms with Crippen LogP contribution in [0.2, 0.25) is 0 Å². The lowest BCUT2D eigenvalue weighted by molar-refractivity contribution is 0.642. The Labute approximate surface area is 131 Å². The molecular formula is C15H14N6S. The Morgan fingerprint density at radius 2 is 1.77 bits per heavy atom. The van der Waals surface area contributed by atoms with Gasteiger partial charge >= 0.3 is 0 Å². The molecule has 2 saturated heterocycles. The van der Waals surface area contributed by atoms with E-state index < -0.39 is 0 Å². The van der Waals surface area contributed by atoms with Crippen molar-refractivity contribution in [1.29, 1.82) is 0 Å². The number of hydrogen-bond acceptors (Lipinski definition) is 7. The topological polar surface area (TPSA) is 58.0 Å². The van der Waals surface area contributed by atoms with Crippen LogP contribution in [0.4, 0.5) is 11.5 Å². The summed E-state index contributed by atoms with van der Waals surface area (Å²) in [5.74, 6) is 0.943. The molecule has 2 atom stereocenters. The maximum Gasteiger partial charge on any atom is 0.198 e. The zero-order chi connectivity index (χ0) is 14.5. The molecule has 0 N–H and O–H groups in total. The van der Waals surface area contributed by atoms with Gasteiger partial charge in [0.15, 0.2) is 17.0 Å². The molecule has 7 heteroatoms. The minimum Gasteiger partial charge on any atom is -0.365 e. The molecule has 2 aliphatic heterocycles. The molecule has 22 heavy (non-hydrogen) atoms. The molecule has 0 saturated carbocycles. The third kappa shape index (κ3) is 1.72. The maximum absolute atomic E-state index is 4.48. The van der Waals surface area contributed by atoms with Crippen molar-refractivity contribution < 1.29 is 0 Å². The van der Waals surface area contributed by atoms with Crippen LogP contribution in [-0.4, -0.2) is 43.9 Å². The van der Waals surface area contributed by atoms with Crippen LogP contribution in [0.25, 0.3) is 11.2 Å². The van der Waals surface area contributed by atoms with E-state index in [1.54, 1.807) is 6.33 Å². The quantitative estimate of drug-likeness (QED) is 0.721. The lowest BCUT2D eigenvalue weighted by Crippen LogP contribution is -2.47. The second kappa shape index (κ2) is 4.61. The normalized spacial score (nSPS) is 23.6. The molecule has 1 aromatic carbocycles. The molecule has 2 fully saturated rings. The average Bonchev–Trinajstić information content (AvgIpc) is 3.29. The van der Waals surface area contributed by atoms with Crippen LogP contribution in [0, 0.1) is 0 Å². The summed E-state index contributed by atoms with van der Waals surface area (Å²) in [7, 11) is 0. The van der Waals surface area contributed by atoms with Gasteiger partial charge in [-0.25, -0.2) is 9.97 Å². The van der Waals surface area contributed by atoms with Crippen molar-refractivity contribution in [3.8, 4) is 0 Å². The Morgan fingerprint density at radius 1 is 0.955 bits per heavy atom. The highest BCUT2D eigenvalue weighted by Gasteiger charge is 2.44. The Morgan fingerprint density at radius 3 is 2.59 bits per heavy atom. The molecule has 6 nitrogen and oxygen atoms in total. The van der Waals surface area contributed by atoms with E-state index in [0.717, 1.165) is 24.4 Å².